The first-order valence-corrected chi connectivity index (χ1v) is 8.06. The molecular formula is C17H21N3O3. The maximum absolute atomic E-state index is 12.2. The molecule has 1 aliphatic rings. The Balaban J connectivity index is 1.67. The third-order valence-corrected chi connectivity index (χ3v) is 3.91. The van der Waals surface area contributed by atoms with Crippen LogP contribution in [0.2, 0.25) is 0 Å². The monoisotopic (exact) mass is 315 g/mol. The van der Waals surface area contributed by atoms with Crippen LogP contribution in [-0.2, 0) is 9.53 Å². The second-order valence-corrected chi connectivity index (χ2v) is 5.63. The van der Waals surface area contributed by atoms with Crippen LogP contribution in [0.4, 0.5) is 0 Å². The second kappa shape index (κ2) is 7.37. The number of unbranched alkanes of at least 4 members (excludes halogenated alkanes) is 1. The van der Waals surface area contributed by atoms with Crippen LogP contribution in [-0.4, -0.2) is 40.6 Å². The van der Waals surface area contributed by atoms with Gasteiger partial charge in [-0.3, -0.25) is 4.79 Å². The van der Waals surface area contributed by atoms with Gasteiger partial charge in [-0.15, -0.1) is 0 Å². The van der Waals surface area contributed by atoms with Crippen LogP contribution < -0.4 is 0 Å². The van der Waals surface area contributed by atoms with E-state index in [1.165, 1.54) is 0 Å². The summed E-state index contributed by atoms with van der Waals surface area (Å²) < 4.78 is 11.0. The molecule has 122 valence electrons. The van der Waals surface area contributed by atoms with Gasteiger partial charge in [0.2, 0.25) is 11.7 Å². The summed E-state index contributed by atoms with van der Waals surface area (Å²) in [5.41, 5.74) is 0.873. The van der Waals surface area contributed by atoms with Crippen molar-refractivity contribution in [2.45, 2.75) is 32.3 Å². The first-order valence-electron chi connectivity index (χ1n) is 8.06. The van der Waals surface area contributed by atoms with E-state index in [2.05, 4.69) is 17.1 Å². The number of aromatic nitrogens is 2. The molecule has 1 fully saturated rings. The average Bonchev–Trinajstić information content (AvgIpc) is 3.11. The van der Waals surface area contributed by atoms with Gasteiger partial charge in [0, 0.05) is 18.5 Å². The Bertz CT molecular complexity index is 642. The number of nitrogens with zero attached hydrogens (tertiary/aromatic N) is 3. The summed E-state index contributed by atoms with van der Waals surface area (Å²) in [6.07, 6.45) is 2.20. The van der Waals surface area contributed by atoms with E-state index in [4.69, 9.17) is 9.26 Å². The third-order valence-electron chi connectivity index (χ3n) is 3.91. The molecule has 1 aromatic carbocycles. The first kappa shape index (κ1) is 15.7. The van der Waals surface area contributed by atoms with Crippen molar-refractivity contribution >= 4 is 5.91 Å². The highest BCUT2D eigenvalue weighted by molar-refractivity contribution is 5.76. The number of hydrogen-bond donors (Lipinski definition) is 0. The third kappa shape index (κ3) is 3.76. The van der Waals surface area contributed by atoms with Gasteiger partial charge in [0.1, 0.15) is 6.10 Å². The lowest BCUT2D eigenvalue weighted by atomic mass is 10.2. The van der Waals surface area contributed by atoms with E-state index in [1.54, 1.807) is 0 Å². The molecule has 0 N–H and O–H groups in total. The molecule has 1 amide bonds. The average molecular weight is 315 g/mol. The molecule has 0 spiro atoms. The van der Waals surface area contributed by atoms with Crippen LogP contribution >= 0.6 is 0 Å². The van der Waals surface area contributed by atoms with Crippen molar-refractivity contribution in [1.29, 1.82) is 0 Å². The van der Waals surface area contributed by atoms with Gasteiger partial charge < -0.3 is 14.2 Å². The summed E-state index contributed by atoms with van der Waals surface area (Å²) in [5.74, 6) is 1.14. The van der Waals surface area contributed by atoms with Crippen molar-refractivity contribution < 1.29 is 14.1 Å². The smallest absolute Gasteiger partial charge is 0.258 e. The predicted molar refractivity (Wildman–Crippen MR) is 84.5 cm³/mol. The fourth-order valence-electron chi connectivity index (χ4n) is 2.58. The Labute approximate surface area is 135 Å². The van der Waals surface area contributed by atoms with Crippen LogP contribution in [0.3, 0.4) is 0 Å². The molecule has 1 aliphatic heterocycles. The van der Waals surface area contributed by atoms with Crippen molar-refractivity contribution in [3.63, 3.8) is 0 Å². The molecule has 0 saturated carbocycles. The van der Waals surface area contributed by atoms with E-state index in [0.717, 1.165) is 18.4 Å². The summed E-state index contributed by atoms with van der Waals surface area (Å²) in [6.45, 7) is 3.69. The second-order valence-electron chi connectivity index (χ2n) is 5.63. The van der Waals surface area contributed by atoms with Gasteiger partial charge in [0.25, 0.3) is 5.89 Å². The summed E-state index contributed by atoms with van der Waals surface area (Å²) >= 11 is 0. The van der Waals surface area contributed by atoms with Crippen molar-refractivity contribution in [2.24, 2.45) is 0 Å². The van der Waals surface area contributed by atoms with Gasteiger partial charge >= 0.3 is 0 Å². The Morgan fingerprint density at radius 2 is 2.17 bits per heavy atom. The molecule has 0 radical (unpaired) electrons. The van der Waals surface area contributed by atoms with Crippen LogP contribution in [0.15, 0.2) is 34.9 Å². The lowest BCUT2D eigenvalue weighted by Gasteiger charge is -2.31. The van der Waals surface area contributed by atoms with Crippen LogP contribution in [0, 0.1) is 0 Å². The van der Waals surface area contributed by atoms with Crippen molar-refractivity contribution in [2.75, 3.05) is 19.7 Å². The fraction of sp³-hybridized carbons (Fsp3) is 0.471. The Hall–Kier alpha value is -2.21. The number of carbonyl (C=O) groups is 1. The molecule has 0 unspecified atom stereocenters. The number of amides is 1. The van der Waals surface area contributed by atoms with Crippen molar-refractivity contribution in [3.8, 4) is 11.5 Å². The summed E-state index contributed by atoms with van der Waals surface area (Å²) in [6, 6.07) is 9.61. The Morgan fingerprint density at radius 1 is 1.35 bits per heavy atom. The number of rotatable bonds is 5. The van der Waals surface area contributed by atoms with E-state index < -0.39 is 0 Å². The number of hydrogen-bond acceptors (Lipinski definition) is 5. The highest BCUT2D eigenvalue weighted by Gasteiger charge is 2.28. The fourth-order valence-corrected chi connectivity index (χ4v) is 2.58. The standard InChI is InChI=1S/C17H21N3O3/c1-2-3-9-15(21)20-10-11-22-14(12-20)16-18-17(23-19-16)13-7-5-4-6-8-13/h4-8,14H,2-3,9-12H2,1H3/t14-/m0/s1. The summed E-state index contributed by atoms with van der Waals surface area (Å²) in [4.78, 5) is 18.4. The van der Waals surface area contributed by atoms with Crippen LogP contribution in [0.25, 0.3) is 11.5 Å². The topological polar surface area (TPSA) is 68.5 Å². The SMILES string of the molecule is CCCCC(=O)N1CCO[C@H](c2noc(-c3ccccc3)n2)C1. The number of carbonyl (C=O) groups excluding carboxylic acids is 1. The number of morpholine rings is 1. The van der Waals surface area contributed by atoms with E-state index in [1.807, 2.05) is 35.2 Å². The van der Waals surface area contributed by atoms with Gasteiger partial charge in [0.15, 0.2) is 0 Å². The zero-order valence-electron chi connectivity index (χ0n) is 13.3. The first-order chi connectivity index (χ1) is 11.3. The lowest BCUT2D eigenvalue weighted by Crippen LogP contribution is -2.42. The molecule has 6 nitrogen and oxygen atoms in total. The molecule has 0 bridgehead atoms. The predicted octanol–water partition coefficient (Wildman–Crippen LogP) is 2.83. The highest BCUT2D eigenvalue weighted by Crippen LogP contribution is 2.24. The number of benzene rings is 1. The Morgan fingerprint density at radius 3 is 2.96 bits per heavy atom. The Kier molecular flexibility index (Phi) is 5.02. The van der Waals surface area contributed by atoms with Crippen molar-refractivity contribution in [3.05, 3.63) is 36.2 Å². The maximum atomic E-state index is 12.2. The molecule has 0 aliphatic carbocycles. The largest absolute Gasteiger partial charge is 0.366 e. The van der Waals surface area contributed by atoms with E-state index in [9.17, 15) is 4.79 Å². The minimum Gasteiger partial charge on any atom is -0.366 e. The zero-order valence-corrected chi connectivity index (χ0v) is 13.3. The van der Waals surface area contributed by atoms with Gasteiger partial charge in [-0.25, -0.2) is 0 Å². The van der Waals surface area contributed by atoms with Gasteiger partial charge in [-0.05, 0) is 18.6 Å². The van der Waals surface area contributed by atoms with E-state index in [-0.39, 0.29) is 12.0 Å². The van der Waals surface area contributed by atoms with Crippen LogP contribution in [0.1, 0.15) is 38.1 Å². The number of ether oxygens (including phenoxy) is 1. The molecule has 23 heavy (non-hydrogen) atoms. The van der Waals surface area contributed by atoms with Gasteiger partial charge in [-0.2, -0.15) is 4.98 Å². The molecule has 2 aromatic rings. The summed E-state index contributed by atoms with van der Waals surface area (Å²) in [7, 11) is 0. The quantitative estimate of drug-likeness (QED) is 0.848. The van der Waals surface area contributed by atoms with Crippen molar-refractivity contribution in [1.82, 2.24) is 15.0 Å². The summed E-state index contributed by atoms with van der Waals surface area (Å²) in [5, 5.41) is 4.02. The van der Waals surface area contributed by atoms with E-state index >= 15 is 0 Å². The molecule has 3 rings (SSSR count). The molecular weight excluding hydrogens is 294 g/mol. The lowest BCUT2D eigenvalue weighted by molar-refractivity contribution is -0.139. The highest BCUT2D eigenvalue weighted by atomic mass is 16.5. The van der Waals surface area contributed by atoms with E-state index in [0.29, 0.717) is 37.8 Å². The minimum absolute atomic E-state index is 0.173. The van der Waals surface area contributed by atoms with Crippen LogP contribution in [0.5, 0.6) is 0 Å². The molecule has 6 heteroatoms. The molecule has 2 heterocycles. The van der Waals surface area contributed by atoms with Gasteiger partial charge in [0.05, 0.1) is 13.2 Å². The molecule has 1 atom stereocenters. The molecule has 1 saturated heterocycles. The minimum atomic E-state index is -0.324. The molecule has 1 aromatic heterocycles. The normalized spacial score (nSPS) is 18.1. The van der Waals surface area contributed by atoms with Gasteiger partial charge in [-0.1, -0.05) is 36.7 Å². The maximum Gasteiger partial charge on any atom is 0.258 e. The zero-order chi connectivity index (χ0) is 16.1.